The van der Waals surface area contributed by atoms with Gasteiger partial charge in [0.25, 0.3) is 0 Å². The lowest BCUT2D eigenvalue weighted by Gasteiger charge is -2.41. The van der Waals surface area contributed by atoms with Gasteiger partial charge in [-0.05, 0) is 314 Å². The fourth-order valence-electron chi connectivity index (χ4n) is 13.9. The van der Waals surface area contributed by atoms with Crippen molar-refractivity contribution in [2.45, 2.75) is 168 Å². The van der Waals surface area contributed by atoms with Crippen LogP contribution in [0.15, 0.2) is 121 Å². The van der Waals surface area contributed by atoms with Crippen molar-refractivity contribution in [3.05, 3.63) is 144 Å². The van der Waals surface area contributed by atoms with E-state index in [2.05, 4.69) is 184 Å². The lowest BCUT2D eigenvalue weighted by atomic mass is 9.74. The molecule has 4 saturated heterocycles. The third-order valence-corrected chi connectivity index (χ3v) is 21.1. The molecule has 4 fully saturated rings. The molecule has 0 spiro atoms. The molecule has 99 heavy (non-hydrogen) atoms. The highest BCUT2D eigenvalue weighted by Crippen LogP contribution is 2.39. The minimum Gasteiger partial charge on any atom is -0.444 e. The summed E-state index contributed by atoms with van der Waals surface area (Å²) in [6.45, 7) is 29.7. The Labute approximate surface area is 600 Å². The second kappa shape index (κ2) is 44.0. The van der Waals surface area contributed by atoms with Gasteiger partial charge in [-0.15, -0.1) is 0 Å². The van der Waals surface area contributed by atoms with E-state index in [4.69, 9.17) is 32.4 Å². The zero-order valence-electron chi connectivity index (χ0n) is 63.5. The second-order valence-corrected chi connectivity index (χ2v) is 31.7. The largest absolute Gasteiger partial charge is 0.444 e. The molecule has 556 valence electrons. The number of urea groups is 1. The van der Waals surface area contributed by atoms with Gasteiger partial charge in [0.05, 0.1) is 0 Å². The van der Waals surface area contributed by atoms with Crippen LogP contribution in [0.4, 0.5) is 14.4 Å². The van der Waals surface area contributed by atoms with Crippen molar-refractivity contribution < 1.29 is 23.9 Å². The van der Waals surface area contributed by atoms with E-state index in [0.717, 1.165) is 104 Å². The highest BCUT2D eigenvalue weighted by Gasteiger charge is 2.37. The quantitative estimate of drug-likeness (QED) is 0.0241. The van der Waals surface area contributed by atoms with E-state index in [0.29, 0.717) is 50.1 Å². The van der Waals surface area contributed by atoms with Gasteiger partial charge in [-0.25, -0.2) is 14.4 Å². The Balaban J connectivity index is 0.000000240. The van der Waals surface area contributed by atoms with Crippen molar-refractivity contribution in [3.8, 4) is 0 Å². The van der Waals surface area contributed by atoms with Gasteiger partial charge in [0, 0.05) is 45.8 Å². The summed E-state index contributed by atoms with van der Waals surface area (Å²) in [7, 11) is 8.60. The molecule has 4 aliphatic rings. The van der Waals surface area contributed by atoms with Crippen molar-refractivity contribution in [3.63, 3.8) is 0 Å². The molecule has 0 unspecified atom stereocenters. The lowest BCUT2D eigenvalue weighted by molar-refractivity contribution is 0.0513. The zero-order chi connectivity index (χ0) is 72.1. The van der Waals surface area contributed by atoms with Crippen LogP contribution in [0.5, 0.6) is 0 Å². The van der Waals surface area contributed by atoms with Crippen molar-refractivity contribution in [2.75, 3.05) is 159 Å². The Bertz CT molecular complexity index is 2770. The van der Waals surface area contributed by atoms with Gasteiger partial charge < -0.3 is 77.8 Å². The van der Waals surface area contributed by atoms with Crippen molar-refractivity contribution in [1.82, 2.24) is 45.3 Å². The fraction of sp³-hybridized carbons (Fsp3) is 0.667. The number of amides is 4. The van der Waals surface area contributed by atoms with Crippen LogP contribution in [0, 0.1) is 21.7 Å². The molecule has 4 aromatic carbocycles. The van der Waals surface area contributed by atoms with Crippen LogP contribution in [0.25, 0.3) is 0 Å². The first-order valence-corrected chi connectivity index (χ1v) is 37.7. The number of ether oxygens (including phenoxy) is 2. The fourth-order valence-corrected chi connectivity index (χ4v) is 13.9. The van der Waals surface area contributed by atoms with Gasteiger partial charge in [-0.2, -0.15) is 0 Å². The normalized spacial score (nSPS) is 17.7. The molecule has 0 atom stereocenters. The number of likely N-dealkylation sites (tertiary alicyclic amines) is 4. The standard InChI is InChI=1S/C22H36N4O3.C22H37N3O2.C19H33N3.C18H31N3/c1-21(2,3)29-20(28)25-14-13-24-19(27)26-15-11-22(17-23,12-16-26)10-9-18-7-5-4-6-8-18;1-21(2,3)27-20(26)24-14-7-15-25-16-12-22(18-23,13-17-25)11-10-19-8-5-4-6-9-19;1-21(2)13-6-14-22-15-11-19(17-20,12-16-22)10-9-18-7-4-3-5-8-18;1-20(2)14-15-21-12-10-18(16-19,11-13-21)9-8-17-6-4-3-5-7-17/h4-8H,9-17,23H2,1-3H3,(H,24,27)(H,25,28);4-6,8-9H,7,10-18,23H2,1-3H3,(H,24,26);3-5,7-8H,6,9-17,20H2,1-2H3;3-7H,8-16,19H2,1-2H3. The number of carbonyl (C=O) groups excluding carboxylic acids is 3. The number of rotatable bonds is 30. The van der Waals surface area contributed by atoms with Crippen molar-refractivity contribution in [1.29, 1.82) is 0 Å². The van der Waals surface area contributed by atoms with E-state index in [1.165, 1.54) is 126 Å². The topological polar surface area (TPSA) is 229 Å². The molecule has 18 nitrogen and oxygen atoms in total. The summed E-state index contributed by atoms with van der Waals surface area (Å²) in [4.78, 5) is 49.7. The first-order chi connectivity index (χ1) is 47.3. The number of hydrogen-bond acceptors (Lipinski definition) is 14. The number of alkyl carbamates (subject to hydrolysis) is 2. The third-order valence-electron chi connectivity index (χ3n) is 21.1. The lowest BCUT2D eigenvalue weighted by Crippen LogP contribution is -2.50. The van der Waals surface area contributed by atoms with Crippen molar-refractivity contribution in [2.24, 2.45) is 44.6 Å². The van der Waals surface area contributed by atoms with Crippen LogP contribution < -0.4 is 38.9 Å². The molecule has 4 aromatic rings. The van der Waals surface area contributed by atoms with Crippen molar-refractivity contribution >= 4 is 18.2 Å². The Kier molecular flexibility index (Phi) is 37.3. The summed E-state index contributed by atoms with van der Waals surface area (Å²) in [6.07, 6.45) is 19.7. The smallest absolute Gasteiger partial charge is 0.407 e. The number of nitrogens with zero attached hydrogens (tertiary/aromatic N) is 6. The molecule has 8 rings (SSSR count). The van der Waals surface area contributed by atoms with Crippen LogP contribution in [0.2, 0.25) is 0 Å². The van der Waals surface area contributed by atoms with Gasteiger partial charge in [-0.3, -0.25) is 0 Å². The van der Waals surface area contributed by atoms with Gasteiger partial charge in [0.2, 0.25) is 0 Å². The summed E-state index contributed by atoms with van der Waals surface area (Å²) < 4.78 is 10.4. The molecule has 0 saturated carbocycles. The maximum Gasteiger partial charge on any atom is 0.407 e. The Morgan fingerprint density at radius 1 is 0.394 bits per heavy atom. The zero-order valence-corrected chi connectivity index (χ0v) is 63.5. The number of benzene rings is 4. The molecule has 0 aromatic heterocycles. The first-order valence-electron chi connectivity index (χ1n) is 37.7. The molecular formula is C81H137N13O5. The molecule has 0 radical (unpaired) electrons. The van der Waals surface area contributed by atoms with E-state index in [-0.39, 0.29) is 23.0 Å². The minimum atomic E-state index is -0.531. The Morgan fingerprint density at radius 2 is 0.677 bits per heavy atom. The number of carbonyl (C=O) groups is 3. The van der Waals surface area contributed by atoms with Gasteiger partial charge in [0.1, 0.15) is 11.2 Å². The summed E-state index contributed by atoms with van der Waals surface area (Å²) in [5.74, 6) is 0. The first kappa shape index (κ1) is 84.0. The van der Waals surface area contributed by atoms with Gasteiger partial charge >= 0.3 is 18.2 Å². The van der Waals surface area contributed by atoms with Crippen LogP contribution in [0.1, 0.15) is 154 Å². The summed E-state index contributed by atoms with van der Waals surface area (Å²) in [5.41, 5.74) is 30.4. The highest BCUT2D eigenvalue weighted by molar-refractivity contribution is 5.74. The summed E-state index contributed by atoms with van der Waals surface area (Å²) in [5, 5.41) is 8.34. The second-order valence-electron chi connectivity index (χ2n) is 31.7. The van der Waals surface area contributed by atoms with Gasteiger partial charge in [-0.1, -0.05) is 121 Å². The van der Waals surface area contributed by atoms with Crippen LogP contribution in [-0.4, -0.2) is 218 Å². The predicted molar refractivity (Wildman–Crippen MR) is 411 cm³/mol. The average Bonchev–Trinajstić information content (AvgIpc) is 0.861. The number of hydrogen-bond donors (Lipinski definition) is 7. The number of likely N-dealkylation sites (N-methyl/N-ethyl adjacent to an activating group) is 1. The average molecular weight is 1370 g/mol. The van der Waals surface area contributed by atoms with E-state index < -0.39 is 17.3 Å². The molecule has 4 amide bonds. The van der Waals surface area contributed by atoms with E-state index >= 15 is 0 Å². The molecule has 4 aliphatic heterocycles. The summed E-state index contributed by atoms with van der Waals surface area (Å²) in [6, 6.07) is 42.7. The molecule has 11 N–H and O–H groups in total. The maximum atomic E-state index is 12.4. The third kappa shape index (κ3) is 33.8. The van der Waals surface area contributed by atoms with Crippen LogP contribution >= 0.6 is 0 Å². The molecule has 4 heterocycles. The van der Waals surface area contributed by atoms with Gasteiger partial charge in [0.15, 0.2) is 0 Å². The van der Waals surface area contributed by atoms with Crippen LogP contribution in [-0.2, 0) is 35.2 Å². The van der Waals surface area contributed by atoms with E-state index in [9.17, 15) is 14.4 Å². The number of piperidine rings is 4. The summed E-state index contributed by atoms with van der Waals surface area (Å²) >= 11 is 0. The van der Waals surface area contributed by atoms with E-state index in [1.807, 2.05) is 52.5 Å². The SMILES string of the molecule is CC(C)(C)OC(=O)NCCCN1CCC(CN)(CCc2ccccc2)CC1.CC(C)(C)OC(=O)NCCNC(=O)N1CCC(CN)(CCc2ccccc2)CC1.CN(C)CCCN1CCC(CN)(CCc2ccccc2)CC1.CN(C)CCN1CCC(CN)(CCc2ccccc2)CC1. The van der Waals surface area contributed by atoms with Crippen LogP contribution in [0.3, 0.4) is 0 Å². The predicted octanol–water partition coefficient (Wildman–Crippen LogP) is 11.3. The Morgan fingerprint density at radius 3 is 0.980 bits per heavy atom. The number of nitrogens with one attached hydrogen (secondary N) is 3. The highest BCUT2D eigenvalue weighted by atomic mass is 16.6. The number of aryl methyl sites for hydroxylation is 4. The molecule has 18 heteroatoms. The maximum absolute atomic E-state index is 12.4. The Hall–Kier alpha value is -5.67. The molecule has 0 aliphatic carbocycles. The molecule has 0 bridgehead atoms. The molecular weight excluding hydrogens is 1230 g/mol. The van der Waals surface area contributed by atoms with E-state index in [1.54, 1.807) is 0 Å². The minimum absolute atomic E-state index is 0.0929. The number of nitrogens with two attached hydrogens (primary N) is 4. The monoisotopic (exact) mass is 1370 g/mol.